The van der Waals surface area contributed by atoms with E-state index in [4.69, 9.17) is 14.2 Å². The van der Waals surface area contributed by atoms with Gasteiger partial charge in [0.15, 0.2) is 0 Å². The molecule has 0 fully saturated rings. The van der Waals surface area contributed by atoms with Gasteiger partial charge in [0.25, 0.3) is 0 Å². The molecule has 0 aliphatic carbocycles. The number of hydrogen-bond donors (Lipinski definition) is 0. The second kappa shape index (κ2) is 8.35. The van der Waals surface area contributed by atoms with E-state index in [1.165, 1.54) is 0 Å². The van der Waals surface area contributed by atoms with Gasteiger partial charge in [-0.05, 0) is 12.1 Å². The van der Waals surface area contributed by atoms with Crippen molar-refractivity contribution < 1.29 is 19.0 Å². The predicted octanol–water partition coefficient (Wildman–Crippen LogP) is 1.81. The second-order valence-electron chi connectivity index (χ2n) is 3.15. The van der Waals surface area contributed by atoms with Crippen molar-refractivity contribution in [1.82, 2.24) is 0 Å². The van der Waals surface area contributed by atoms with Crippen LogP contribution in [0.25, 0.3) is 0 Å². The third kappa shape index (κ3) is 6.37. The number of benzene rings is 1. The van der Waals surface area contributed by atoms with Crippen LogP contribution in [0.4, 0.5) is 0 Å². The molecule has 1 aromatic rings. The van der Waals surface area contributed by atoms with Crippen molar-refractivity contribution in [2.75, 3.05) is 26.4 Å². The molecular weight excluding hydrogens is 220 g/mol. The molecule has 92 valence electrons. The van der Waals surface area contributed by atoms with Gasteiger partial charge in [-0.1, -0.05) is 24.8 Å². The molecule has 0 saturated heterocycles. The van der Waals surface area contributed by atoms with Crippen LogP contribution >= 0.6 is 0 Å². The summed E-state index contributed by atoms with van der Waals surface area (Å²) in [6.45, 7) is 4.81. The van der Waals surface area contributed by atoms with Crippen molar-refractivity contribution in [3.05, 3.63) is 43.0 Å². The number of esters is 1. The number of para-hydroxylation sites is 1. The molecule has 0 saturated carbocycles. The first-order valence-corrected chi connectivity index (χ1v) is 5.37. The minimum atomic E-state index is -0.436. The van der Waals surface area contributed by atoms with Crippen LogP contribution in [0.15, 0.2) is 43.0 Å². The zero-order valence-corrected chi connectivity index (χ0v) is 9.63. The molecule has 4 nitrogen and oxygen atoms in total. The molecule has 0 N–H and O–H groups in total. The van der Waals surface area contributed by atoms with Gasteiger partial charge in [0, 0.05) is 6.08 Å². The van der Waals surface area contributed by atoms with E-state index >= 15 is 0 Å². The Morgan fingerprint density at radius 3 is 2.53 bits per heavy atom. The number of carbonyl (C=O) groups is 1. The second-order valence-corrected chi connectivity index (χ2v) is 3.15. The van der Waals surface area contributed by atoms with E-state index < -0.39 is 5.97 Å². The summed E-state index contributed by atoms with van der Waals surface area (Å²) in [5, 5.41) is 0. The normalized spacial score (nSPS) is 9.65. The van der Waals surface area contributed by atoms with Gasteiger partial charge in [0.1, 0.15) is 19.0 Å². The lowest BCUT2D eigenvalue weighted by molar-refractivity contribution is -0.139. The Morgan fingerprint density at radius 2 is 1.82 bits per heavy atom. The van der Waals surface area contributed by atoms with Crippen LogP contribution in [0.5, 0.6) is 5.75 Å². The molecule has 1 aromatic carbocycles. The number of carbonyl (C=O) groups excluding carboxylic acids is 1. The highest BCUT2D eigenvalue weighted by Crippen LogP contribution is 2.07. The van der Waals surface area contributed by atoms with Gasteiger partial charge >= 0.3 is 5.97 Å². The summed E-state index contributed by atoms with van der Waals surface area (Å²) in [5.41, 5.74) is 0. The molecule has 0 amide bonds. The molecule has 0 heterocycles. The highest BCUT2D eigenvalue weighted by Gasteiger charge is 1.95. The zero-order valence-electron chi connectivity index (χ0n) is 9.63. The first kappa shape index (κ1) is 13.3. The molecule has 0 bridgehead atoms. The number of hydrogen-bond acceptors (Lipinski definition) is 4. The van der Waals surface area contributed by atoms with E-state index in [-0.39, 0.29) is 6.61 Å². The molecule has 0 aliphatic heterocycles. The maximum Gasteiger partial charge on any atom is 0.330 e. The van der Waals surface area contributed by atoms with Crippen LogP contribution in [0.3, 0.4) is 0 Å². The first-order chi connectivity index (χ1) is 8.33. The summed E-state index contributed by atoms with van der Waals surface area (Å²) in [6.07, 6.45) is 1.12. The molecule has 0 aromatic heterocycles. The number of ether oxygens (including phenoxy) is 3. The summed E-state index contributed by atoms with van der Waals surface area (Å²) < 4.78 is 15.4. The zero-order chi connectivity index (χ0) is 12.3. The van der Waals surface area contributed by atoms with Crippen molar-refractivity contribution in [2.45, 2.75) is 0 Å². The average molecular weight is 236 g/mol. The predicted molar refractivity (Wildman–Crippen MR) is 63.9 cm³/mol. The Hall–Kier alpha value is -1.81. The third-order valence-corrected chi connectivity index (χ3v) is 1.88. The van der Waals surface area contributed by atoms with E-state index in [0.29, 0.717) is 19.8 Å². The molecule has 17 heavy (non-hydrogen) atoms. The number of rotatable bonds is 8. The van der Waals surface area contributed by atoms with E-state index in [1.807, 2.05) is 30.3 Å². The quantitative estimate of drug-likeness (QED) is 0.392. The summed E-state index contributed by atoms with van der Waals surface area (Å²) in [5.74, 6) is 0.378. The lowest BCUT2D eigenvalue weighted by Gasteiger charge is -2.06. The Kier molecular flexibility index (Phi) is 6.51. The molecule has 0 atom stereocenters. The van der Waals surface area contributed by atoms with E-state index in [2.05, 4.69) is 6.58 Å². The Bertz CT molecular complexity index is 335. The first-order valence-electron chi connectivity index (χ1n) is 5.37. The van der Waals surface area contributed by atoms with Crippen LogP contribution in [0.1, 0.15) is 0 Å². The van der Waals surface area contributed by atoms with Crippen molar-refractivity contribution in [3.63, 3.8) is 0 Å². The van der Waals surface area contributed by atoms with Crippen LogP contribution in [-0.2, 0) is 14.3 Å². The van der Waals surface area contributed by atoms with Crippen LogP contribution < -0.4 is 4.74 Å². The molecule has 0 unspecified atom stereocenters. The SMILES string of the molecule is C=CC(=O)OCCOCCOc1ccccc1. The third-order valence-electron chi connectivity index (χ3n) is 1.88. The Labute approximate surface area is 101 Å². The fourth-order valence-electron chi connectivity index (χ4n) is 1.10. The molecule has 4 heteroatoms. The van der Waals surface area contributed by atoms with Gasteiger partial charge in [-0.2, -0.15) is 0 Å². The van der Waals surface area contributed by atoms with Gasteiger partial charge in [-0.3, -0.25) is 0 Å². The largest absolute Gasteiger partial charge is 0.491 e. The summed E-state index contributed by atoms with van der Waals surface area (Å²) in [4.78, 5) is 10.7. The summed E-state index contributed by atoms with van der Waals surface area (Å²) in [6, 6.07) is 9.50. The average Bonchev–Trinajstić information content (AvgIpc) is 2.38. The van der Waals surface area contributed by atoms with Gasteiger partial charge < -0.3 is 14.2 Å². The van der Waals surface area contributed by atoms with Crippen LogP contribution in [0.2, 0.25) is 0 Å². The highest BCUT2D eigenvalue weighted by atomic mass is 16.6. The topological polar surface area (TPSA) is 44.8 Å². The van der Waals surface area contributed by atoms with E-state index in [9.17, 15) is 4.79 Å². The van der Waals surface area contributed by atoms with Gasteiger partial charge in [-0.25, -0.2) is 4.79 Å². The van der Waals surface area contributed by atoms with Crippen LogP contribution in [-0.4, -0.2) is 32.4 Å². The smallest absolute Gasteiger partial charge is 0.330 e. The standard InChI is InChI=1S/C13H16O4/c1-2-13(14)17-11-9-15-8-10-16-12-6-4-3-5-7-12/h2-7H,1,8-11H2. The van der Waals surface area contributed by atoms with E-state index in [1.54, 1.807) is 0 Å². The van der Waals surface area contributed by atoms with Crippen molar-refractivity contribution in [3.8, 4) is 5.75 Å². The van der Waals surface area contributed by atoms with Gasteiger partial charge in [0.05, 0.1) is 13.2 Å². The molecule has 0 radical (unpaired) electrons. The minimum absolute atomic E-state index is 0.232. The highest BCUT2D eigenvalue weighted by molar-refractivity contribution is 5.81. The molecule has 0 spiro atoms. The lowest BCUT2D eigenvalue weighted by Crippen LogP contribution is -2.12. The Morgan fingerprint density at radius 1 is 1.12 bits per heavy atom. The maximum atomic E-state index is 10.7. The maximum absolute atomic E-state index is 10.7. The van der Waals surface area contributed by atoms with Crippen molar-refractivity contribution >= 4 is 5.97 Å². The van der Waals surface area contributed by atoms with Gasteiger partial charge in [-0.15, -0.1) is 0 Å². The van der Waals surface area contributed by atoms with Crippen molar-refractivity contribution in [2.24, 2.45) is 0 Å². The van der Waals surface area contributed by atoms with Crippen LogP contribution in [0, 0.1) is 0 Å². The fraction of sp³-hybridized carbons (Fsp3) is 0.308. The van der Waals surface area contributed by atoms with Gasteiger partial charge in [0.2, 0.25) is 0 Å². The monoisotopic (exact) mass is 236 g/mol. The lowest BCUT2D eigenvalue weighted by atomic mass is 10.3. The molecule has 1 rings (SSSR count). The van der Waals surface area contributed by atoms with E-state index in [0.717, 1.165) is 11.8 Å². The molecule has 0 aliphatic rings. The van der Waals surface area contributed by atoms with Crippen molar-refractivity contribution in [1.29, 1.82) is 0 Å². The summed E-state index contributed by atoms with van der Waals surface area (Å²) >= 11 is 0. The minimum Gasteiger partial charge on any atom is -0.491 e. The Balaban J connectivity index is 1.95. The summed E-state index contributed by atoms with van der Waals surface area (Å²) in [7, 11) is 0. The molecular formula is C13H16O4. The fourth-order valence-corrected chi connectivity index (χ4v) is 1.10.